The van der Waals surface area contributed by atoms with Crippen molar-refractivity contribution < 1.29 is 0 Å². The molecule has 0 aliphatic heterocycles. The van der Waals surface area contributed by atoms with Crippen molar-refractivity contribution in [2.75, 3.05) is 4.90 Å². The first-order valence-electron chi connectivity index (χ1n) is 21.0. The van der Waals surface area contributed by atoms with Gasteiger partial charge in [-0.2, -0.15) is 0 Å². The minimum Gasteiger partial charge on any atom is -0.310 e. The first-order valence-corrected chi connectivity index (χ1v) is 21.0. The molecular weight excluding hydrogens is 735 g/mol. The number of fused-ring (bicyclic) bond motifs is 4. The van der Waals surface area contributed by atoms with E-state index in [0.29, 0.717) is 0 Å². The average molecular weight is 776 g/mol. The van der Waals surface area contributed by atoms with E-state index in [0.717, 1.165) is 28.2 Å². The Morgan fingerprint density at radius 3 is 1.54 bits per heavy atom. The molecule has 61 heavy (non-hydrogen) atoms. The van der Waals surface area contributed by atoms with Crippen LogP contribution in [0.4, 0.5) is 17.1 Å². The standard InChI is InChI=1S/C60H41N/c1-3-16-42(17-4-1)43-30-32-46(33-31-43)53-25-13-14-29-59(53)61(51-23-15-22-48(40-51)58-41-49-21-8-9-24-52(49)56-27-11-12-28-57(56)58)50-37-34-47(35-38-50)60-54-26-10-7-20-45(54)36-39-55(60)44-18-5-2-6-19-44/h1-41H. The van der Waals surface area contributed by atoms with Crippen molar-refractivity contribution in [3.63, 3.8) is 0 Å². The van der Waals surface area contributed by atoms with E-state index in [2.05, 4.69) is 254 Å². The van der Waals surface area contributed by atoms with Crippen LogP contribution < -0.4 is 4.90 Å². The Morgan fingerprint density at radius 2 is 0.770 bits per heavy atom. The summed E-state index contributed by atoms with van der Waals surface area (Å²) in [5, 5.41) is 7.50. The zero-order valence-corrected chi connectivity index (χ0v) is 33.6. The number of nitrogens with zero attached hydrogens (tertiary/aromatic N) is 1. The van der Waals surface area contributed by atoms with Gasteiger partial charge in [-0.25, -0.2) is 0 Å². The third kappa shape index (κ3) is 6.73. The van der Waals surface area contributed by atoms with Crippen LogP contribution in [0.15, 0.2) is 249 Å². The monoisotopic (exact) mass is 775 g/mol. The maximum absolute atomic E-state index is 2.43. The molecule has 0 saturated carbocycles. The van der Waals surface area contributed by atoms with Gasteiger partial charge in [0.15, 0.2) is 0 Å². The Labute approximate surface area is 357 Å². The molecule has 0 bridgehead atoms. The molecule has 11 aromatic carbocycles. The quantitative estimate of drug-likeness (QED) is 0.139. The largest absolute Gasteiger partial charge is 0.310 e. The summed E-state index contributed by atoms with van der Waals surface area (Å²) in [5.74, 6) is 0. The molecule has 0 aliphatic carbocycles. The van der Waals surface area contributed by atoms with Gasteiger partial charge in [-0.05, 0) is 119 Å². The SMILES string of the molecule is c1ccc(-c2ccc(-c3ccccc3N(c3ccc(-c4c(-c5ccccc5)ccc5ccccc45)cc3)c3cccc(-c4cc5ccccc5c5ccccc45)c3)cc2)cc1. The smallest absolute Gasteiger partial charge is 0.0540 e. The topological polar surface area (TPSA) is 3.24 Å². The fraction of sp³-hybridized carbons (Fsp3) is 0. The molecule has 0 heterocycles. The first-order chi connectivity index (χ1) is 30.3. The third-order valence-electron chi connectivity index (χ3n) is 12.1. The summed E-state index contributed by atoms with van der Waals surface area (Å²) >= 11 is 0. The molecule has 1 heteroatoms. The van der Waals surface area contributed by atoms with Crippen LogP contribution >= 0.6 is 0 Å². The van der Waals surface area contributed by atoms with E-state index < -0.39 is 0 Å². The highest BCUT2D eigenvalue weighted by Crippen LogP contribution is 2.45. The van der Waals surface area contributed by atoms with Crippen LogP contribution in [0, 0.1) is 0 Å². The Balaban J connectivity index is 1.09. The zero-order chi connectivity index (χ0) is 40.5. The zero-order valence-electron chi connectivity index (χ0n) is 33.6. The van der Waals surface area contributed by atoms with Gasteiger partial charge in [-0.1, -0.05) is 212 Å². The van der Waals surface area contributed by atoms with Crippen LogP contribution in [0.25, 0.3) is 88.0 Å². The number of hydrogen-bond acceptors (Lipinski definition) is 1. The van der Waals surface area contributed by atoms with Crippen molar-refractivity contribution in [3.05, 3.63) is 249 Å². The molecule has 0 spiro atoms. The van der Waals surface area contributed by atoms with Gasteiger partial charge in [-0.3, -0.25) is 0 Å². The molecule has 1 nitrogen and oxygen atoms in total. The van der Waals surface area contributed by atoms with Gasteiger partial charge in [0.1, 0.15) is 0 Å². The number of hydrogen-bond donors (Lipinski definition) is 0. The van der Waals surface area contributed by atoms with Gasteiger partial charge in [0, 0.05) is 16.9 Å². The van der Waals surface area contributed by atoms with Crippen molar-refractivity contribution in [2.45, 2.75) is 0 Å². The van der Waals surface area contributed by atoms with Gasteiger partial charge in [0.25, 0.3) is 0 Å². The fourth-order valence-electron chi connectivity index (χ4n) is 9.14. The predicted molar refractivity (Wildman–Crippen MR) is 261 cm³/mol. The van der Waals surface area contributed by atoms with Crippen molar-refractivity contribution in [1.29, 1.82) is 0 Å². The van der Waals surface area contributed by atoms with Gasteiger partial charge >= 0.3 is 0 Å². The molecular formula is C60H41N. The molecule has 0 radical (unpaired) electrons. The molecule has 0 atom stereocenters. The lowest BCUT2D eigenvalue weighted by Gasteiger charge is -2.29. The van der Waals surface area contributed by atoms with Crippen molar-refractivity contribution in [2.24, 2.45) is 0 Å². The Bertz CT molecular complexity index is 3330. The van der Waals surface area contributed by atoms with Crippen LogP contribution in [-0.4, -0.2) is 0 Å². The fourth-order valence-corrected chi connectivity index (χ4v) is 9.14. The third-order valence-corrected chi connectivity index (χ3v) is 12.1. The molecule has 0 amide bonds. The molecule has 0 aliphatic rings. The van der Waals surface area contributed by atoms with Gasteiger partial charge < -0.3 is 4.90 Å². The lowest BCUT2D eigenvalue weighted by Crippen LogP contribution is -2.11. The number of para-hydroxylation sites is 1. The summed E-state index contributed by atoms with van der Waals surface area (Å²) in [5.41, 5.74) is 15.3. The highest BCUT2D eigenvalue weighted by atomic mass is 15.1. The van der Waals surface area contributed by atoms with E-state index >= 15 is 0 Å². The summed E-state index contributed by atoms with van der Waals surface area (Å²) in [6, 6.07) is 90.5. The minimum absolute atomic E-state index is 1.08. The summed E-state index contributed by atoms with van der Waals surface area (Å²) in [6.07, 6.45) is 0. The van der Waals surface area contributed by atoms with Crippen LogP contribution in [0.5, 0.6) is 0 Å². The molecule has 0 aromatic heterocycles. The Kier molecular flexibility index (Phi) is 9.26. The molecule has 0 fully saturated rings. The number of benzene rings is 11. The first kappa shape index (κ1) is 36.1. The molecule has 0 saturated heterocycles. The second kappa shape index (κ2) is 15.6. The van der Waals surface area contributed by atoms with Gasteiger partial charge in [-0.15, -0.1) is 0 Å². The van der Waals surface area contributed by atoms with Gasteiger partial charge in [0.2, 0.25) is 0 Å². The number of rotatable bonds is 8. The molecule has 11 rings (SSSR count). The second-order valence-electron chi connectivity index (χ2n) is 15.7. The minimum atomic E-state index is 1.08. The van der Waals surface area contributed by atoms with Gasteiger partial charge in [0.05, 0.1) is 5.69 Å². The highest BCUT2D eigenvalue weighted by molar-refractivity contribution is 6.14. The van der Waals surface area contributed by atoms with E-state index in [4.69, 9.17) is 0 Å². The van der Waals surface area contributed by atoms with Crippen molar-refractivity contribution in [1.82, 2.24) is 0 Å². The van der Waals surface area contributed by atoms with E-state index in [1.165, 1.54) is 76.8 Å². The lowest BCUT2D eigenvalue weighted by atomic mass is 9.89. The van der Waals surface area contributed by atoms with Crippen LogP contribution in [0.3, 0.4) is 0 Å². The Hall–Kier alpha value is -8.00. The van der Waals surface area contributed by atoms with Crippen LogP contribution in [-0.2, 0) is 0 Å². The van der Waals surface area contributed by atoms with E-state index in [9.17, 15) is 0 Å². The van der Waals surface area contributed by atoms with Crippen LogP contribution in [0.2, 0.25) is 0 Å². The molecule has 0 N–H and O–H groups in total. The Morgan fingerprint density at radius 1 is 0.230 bits per heavy atom. The molecule has 286 valence electrons. The van der Waals surface area contributed by atoms with Crippen molar-refractivity contribution >= 4 is 49.4 Å². The maximum atomic E-state index is 2.43. The van der Waals surface area contributed by atoms with E-state index in [1.54, 1.807) is 0 Å². The van der Waals surface area contributed by atoms with Crippen molar-refractivity contribution in [3.8, 4) is 55.6 Å². The summed E-state index contributed by atoms with van der Waals surface area (Å²) < 4.78 is 0. The average Bonchev–Trinajstić information content (AvgIpc) is 3.34. The lowest BCUT2D eigenvalue weighted by molar-refractivity contribution is 1.28. The molecule has 0 unspecified atom stereocenters. The summed E-state index contributed by atoms with van der Waals surface area (Å²) in [6.45, 7) is 0. The summed E-state index contributed by atoms with van der Waals surface area (Å²) in [4.78, 5) is 2.43. The maximum Gasteiger partial charge on any atom is 0.0540 e. The molecule has 11 aromatic rings. The second-order valence-corrected chi connectivity index (χ2v) is 15.7. The van der Waals surface area contributed by atoms with E-state index in [1.807, 2.05) is 0 Å². The van der Waals surface area contributed by atoms with E-state index in [-0.39, 0.29) is 0 Å². The normalized spacial score (nSPS) is 11.3. The summed E-state index contributed by atoms with van der Waals surface area (Å²) in [7, 11) is 0. The highest BCUT2D eigenvalue weighted by Gasteiger charge is 2.20. The predicted octanol–water partition coefficient (Wildman–Crippen LogP) is 17.0. The number of anilines is 3. The van der Waals surface area contributed by atoms with Crippen LogP contribution in [0.1, 0.15) is 0 Å².